The summed E-state index contributed by atoms with van der Waals surface area (Å²) >= 11 is 1.12. The number of hydrogen-bond donors (Lipinski definition) is 3. The Morgan fingerprint density at radius 1 is 1.71 bits per heavy atom. The van der Waals surface area contributed by atoms with Gasteiger partial charge in [-0.1, -0.05) is 11.8 Å². The number of rotatable bonds is 6. The Morgan fingerprint density at radius 2 is 2.47 bits per heavy atom. The summed E-state index contributed by atoms with van der Waals surface area (Å²) < 4.78 is 4.79. The van der Waals surface area contributed by atoms with Crippen molar-refractivity contribution in [1.29, 1.82) is 0 Å². The first kappa shape index (κ1) is 13.5. The molecule has 0 unspecified atom stereocenters. The van der Waals surface area contributed by atoms with E-state index in [0.29, 0.717) is 18.3 Å². The number of anilines is 1. The molecule has 1 rings (SSSR count). The normalized spacial score (nSPS) is 10.2. The van der Waals surface area contributed by atoms with Gasteiger partial charge in [-0.2, -0.15) is 0 Å². The molecule has 4 N–H and O–H groups in total. The first-order chi connectivity index (χ1) is 8.11. The lowest BCUT2D eigenvalue weighted by molar-refractivity contribution is -0.118. The summed E-state index contributed by atoms with van der Waals surface area (Å²) in [5, 5.41) is 2.98. The number of H-pyrrole nitrogens is 1. The molecule has 0 spiro atoms. The van der Waals surface area contributed by atoms with Gasteiger partial charge in [0.2, 0.25) is 5.91 Å². The molecule has 0 aliphatic heterocycles. The maximum atomic E-state index is 11.3. The van der Waals surface area contributed by atoms with Crippen molar-refractivity contribution < 1.29 is 9.53 Å². The van der Waals surface area contributed by atoms with E-state index in [-0.39, 0.29) is 23.0 Å². The highest BCUT2D eigenvalue weighted by Crippen LogP contribution is 2.10. The Kier molecular flexibility index (Phi) is 5.50. The van der Waals surface area contributed by atoms with E-state index in [1.165, 1.54) is 6.07 Å². The van der Waals surface area contributed by atoms with Crippen molar-refractivity contribution in [2.24, 2.45) is 0 Å². The van der Waals surface area contributed by atoms with E-state index in [9.17, 15) is 9.59 Å². The lowest BCUT2D eigenvalue weighted by Crippen LogP contribution is -2.28. The SMILES string of the molecule is COCCNC(=O)CSc1nc(N)cc(=O)[nH]1. The summed E-state index contributed by atoms with van der Waals surface area (Å²) in [7, 11) is 1.56. The molecule has 1 aromatic rings. The number of nitrogens with zero attached hydrogens (tertiary/aromatic N) is 1. The summed E-state index contributed by atoms with van der Waals surface area (Å²) in [6.45, 7) is 0.917. The second kappa shape index (κ2) is 6.92. The minimum Gasteiger partial charge on any atom is -0.383 e. The molecule has 0 saturated heterocycles. The van der Waals surface area contributed by atoms with Crippen molar-refractivity contribution in [3.8, 4) is 0 Å². The zero-order valence-electron chi connectivity index (χ0n) is 9.36. The molecule has 0 aliphatic rings. The van der Waals surface area contributed by atoms with Crippen LogP contribution in [0, 0.1) is 0 Å². The highest BCUT2D eigenvalue weighted by molar-refractivity contribution is 7.99. The summed E-state index contributed by atoms with van der Waals surface area (Å²) in [5.41, 5.74) is 5.07. The second-order valence-electron chi connectivity index (χ2n) is 3.11. The summed E-state index contributed by atoms with van der Waals surface area (Å²) in [5.74, 6) is 0.143. The van der Waals surface area contributed by atoms with Crippen molar-refractivity contribution in [2.75, 3.05) is 31.7 Å². The molecule has 0 radical (unpaired) electrons. The predicted octanol–water partition coefficient (Wildman–Crippen LogP) is -0.793. The van der Waals surface area contributed by atoms with E-state index in [1.54, 1.807) is 7.11 Å². The van der Waals surface area contributed by atoms with Gasteiger partial charge in [0.25, 0.3) is 5.56 Å². The molecular weight excluding hydrogens is 244 g/mol. The number of aromatic nitrogens is 2. The quantitative estimate of drug-likeness (QED) is 0.350. The van der Waals surface area contributed by atoms with Gasteiger partial charge in [-0.3, -0.25) is 9.59 Å². The van der Waals surface area contributed by atoms with Crippen LogP contribution in [-0.2, 0) is 9.53 Å². The second-order valence-corrected chi connectivity index (χ2v) is 4.07. The molecule has 0 saturated carbocycles. The molecule has 1 aromatic heterocycles. The standard InChI is InChI=1S/C9H14N4O3S/c1-16-3-2-11-8(15)5-17-9-12-6(10)4-7(14)13-9/h4H,2-3,5H2,1H3,(H,11,15)(H3,10,12,13,14). The van der Waals surface area contributed by atoms with Crippen LogP contribution in [0.2, 0.25) is 0 Å². The minimum absolute atomic E-state index is 0.135. The molecule has 94 valence electrons. The first-order valence-electron chi connectivity index (χ1n) is 4.87. The van der Waals surface area contributed by atoms with E-state index in [4.69, 9.17) is 10.5 Å². The van der Waals surface area contributed by atoms with Crippen molar-refractivity contribution in [3.63, 3.8) is 0 Å². The van der Waals surface area contributed by atoms with Crippen LogP contribution < -0.4 is 16.6 Å². The zero-order chi connectivity index (χ0) is 12.7. The third-order valence-electron chi connectivity index (χ3n) is 1.71. The average Bonchev–Trinajstić information content (AvgIpc) is 2.25. The van der Waals surface area contributed by atoms with Crippen molar-refractivity contribution in [1.82, 2.24) is 15.3 Å². The molecule has 0 aromatic carbocycles. The molecule has 1 amide bonds. The molecule has 0 fully saturated rings. The fourth-order valence-electron chi connectivity index (χ4n) is 0.999. The lowest BCUT2D eigenvalue weighted by atomic mass is 10.6. The summed E-state index contributed by atoms with van der Waals surface area (Å²) in [6.07, 6.45) is 0. The van der Waals surface area contributed by atoms with E-state index >= 15 is 0 Å². The number of amides is 1. The van der Waals surface area contributed by atoms with Gasteiger partial charge in [0.1, 0.15) is 5.82 Å². The molecule has 1 heterocycles. The van der Waals surface area contributed by atoms with E-state index in [1.807, 2.05) is 0 Å². The molecule has 7 nitrogen and oxygen atoms in total. The number of nitrogens with one attached hydrogen (secondary N) is 2. The predicted molar refractivity (Wildman–Crippen MR) is 64.9 cm³/mol. The molecule has 0 aliphatic carbocycles. The van der Waals surface area contributed by atoms with Crippen LogP contribution >= 0.6 is 11.8 Å². The van der Waals surface area contributed by atoms with Gasteiger partial charge in [0.15, 0.2) is 5.16 Å². The first-order valence-corrected chi connectivity index (χ1v) is 5.85. The number of carbonyl (C=O) groups excluding carboxylic acids is 1. The number of methoxy groups -OCH3 is 1. The van der Waals surface area contributed by atoms with Gasteiger partial charge in [0, 0.05) is 19.7 Å². The van der Waals surface area contributed by atoms with Crippen LogP contribution in [0.25, 0.3) is 0 Å². The number of nitrogen functional groups attached to an aromatic ring is 1. The third kappa shape index (κ3) is 5.36. The molecule has 17 heavy (non-hydrogen) atoms. The molecule has 8 heteroatoms. The highest BCUT2D eigenvalue weighted by atomic mass is 32.2. The fraction of sp³-hybridized carbons (Fsp3) is 0.444. The molecule has 0 atom stereocenters. The number of aromatic amines is 1. The highest BCUT2D eigenvalue weighted by Gasteiger charge is 2.04. The van der Waals surface area contributed by atoms with Gasteiger partial charge in [0.05, 0.1) is 12.4 Å². The monoisotopic (exact) mass is 258 g/mol. The van der Waals surface area contributed by atoms with Crippen molar-refractivity contribution >= 4 is 23.5 Å². The van der Waals surface area contributed by atoms with Crippen LogP contribution in [0.4, 0.5) is 5.82 Å². The summed E-state index contributed by atoms with van der Waals surface area (Å²) in [6, 6.07) is 1.18. The van der Waals surface area contributed by atoms with E-state index in [0.717, 1.165) is 11.8 Å². The maximum Gasteiger partial charge on any atom is 0.253 e. The van der Waals surface area contributed by atoms with Gasteiger partial charge in [-0.05, 0) is 0 Å². The van der Waals surface area contributed by atoms with Gasteiger partial charge in [-0.15, -0.1) is 0 Å². The van der Waals surface area contributed by atoms with Crippen LogP contribution in [0.5, 0.6) is 0 Å². The van der Waals surface area contributed by atoms with Crippen LogP contribution in [-0.4, -0.2) is 41.9 Å². The molecule has 0 bridgehead atoms. The minimum atomic E-state index is -0.334. The van der Waals surface area contributed by atoms with Gasteiger partial charge < -0.3 is 20.8 Å². The van der Waals surface area contributed by atoms with Crippen LogP contribution in [0.3, 0.4) is 0 Å². The Balaban J connectivity index is 2.39. The van der Waals surface area contributed by atoms with E-state index < -0.39 is 0 Å². The van der Waals surface area contributed by atoms with Crippen molar-refractivity contribution in [2.45, 2.75) is 5.16 Å². The Hall–Kier alpha value is -1.54. The third-order valence-corrected chi connectivity index (χ3v) is 2.58. The topological polar surface area (TPSA) is 110 Å². The van der Waals surface area contributed by atoms with Crippen LogP contribution in [0.15, 0.2) is 16.0 Å². The van der Waals surface area contributed by atoms with Gasteiger partial charge >= 0.3 is 0 Å². The molecular formula is C9H14N4O3S. The number of nitrogens with two attached hydrogens (primary N) is 1. The number of ether oxygens (including phenoxy) is 1. The Labute approximate surface area is 102 Å². The van der Waals surface area contributed by atoms with Crippen LogP contribution in [0.1, 0.15) is 0 Å². The maximum absolute atomic E-state index is 11.3. The Bertz CT molecular complexity index is 434. The van der Waals surface area contributed by atoms with Gasteiger partial charge in [-0.25, -0.2) is 4.98 Å². The fourth-order valence-corrected chi connectivity index (χ4v) is 1.71. The Morgan fingerprint density at radius 3 is 3.12 bits per heavy atom. The summed E-state index contributed by atoms with van der Waals surface area (Å²) in [4.78, 5) is 28.7. The number of thioether (sulfide) groups is 1. The van der Waals surface area contributed by atoms with E-state index in [2.05, 4.69) is 15.3 Å². The zero-order valence-corrected chi connectivity index (χ0v) is 10.2. The number of hydrogen-bond acceptors (Lipinski definition) is 6. The van der Waals surface area contributed by atoms with Crippen molar-refractivity contribution in [3.05, 3.63) is 16.4 Å². The lowest BCUT2D eigenvalue weighted by Gasteiger charge is -2.04. The average molecular weight is 258 g/mol. The number of carbonyl (C=O) groups is 1. The smallest absolute Gasteiger partial charge is 0.253 e. The largest absolute Gasteiger partial charge is 0.383 e.